The summed E-state index contributed by atoms with van der Waals surface area (Å²) in [5.74, 6) is 0.293. The fourth-order valence-electron chi connectivity index (χ4n) is 3.67. The van der Waals surface area contributed by atoms with Crippen LogP contribution in [-0.4, -0.2) is 81.4 Å². The summed E-state index contributed by atoms with van der Waals surface area (Å²) in [6.45, 7) is 7.06. The largest absolute Gasteiger partial charge is 0.342 e. The third kappa shape index (κ3) is 4.11. The Morgan fingerprint density at radius 2 is 1.62 bits per heavy atom. The Labute approximate surface area is 154 Å². The molecule has 0 radical (unpaired) electrons. The number of para-hydroxylation sites is 1. The Morgan fingerprint density at radius 3 is 2.35 bits per heavy atom. The third-order valence-electron chi connectivity index (χ3n) is 5.23. The zero-order valence-electron chi connectivity index (χ0n) is 15.1. The Hall–Kier alpha value is -2.25. The van der Waals surface area contributed by atoms with E-state index < -0.39 is 0 Å². The molecule has 2 saturated heterocycles. The van der Waals surface area contributed by atoms with Crippen molar-refractivity contribution < 1.29 is 4.79 Å². The Balaban J connectivity index is 1.25. The molecule has 4 rings (SSSR count). The molecule has 0 saturated carbocycles. The minimum atomic E-state index is 0.293. The van der Waals surface area contributed by atoms with Crippen molar-refractivity contribution in [3.8, 4) is 5.69 Å². The molecule has 0 bridgehead atoms. The van der Waals surface area contributed by atoms with Crippen LogP contribution in [0, 0.1) is 0 Å². The zero-order chi connectivity index (χ0) is 17.8. The number of benzene rings is 1. The molecule has 0 spiro atoms. The summed E-state index contributed by atoms with van der Waals surface area (Å²) in [5.41, 5.74) is 2.01. The van der Waals surface area contributed by atoms with E-state index in [0.717, 1.165) is 70.0 Å². The van der Waals surface area contributed by atoms with Crippen LogP contribution in [0.5, 0.6) is 0 Å². The van der Waals surface area contributed by atoms with E-state index in [1.165, 1.54) is 0 Å². The van der Waals surface area contributed by atoms with Crippen LogP contribution in [0.4, 0.5) is 0 Å². The molecule has 1 aromatic heterocycles. The monoisotopic (exact) mass is 354 g/mol. The van der Waals surface area contributed by atoms with E-state index in [1.807, 2.05) is 46.1 Å². The first-order chi connectivity index (χ1) is 12.8. The smallest absolute Gasteiger partial charge is 0.236 e. The minimum absolute atomic E-state index is 0.293. The number of rotatable bonds is 5. The molecule has 1 aromatic carbocycles. The van der Waals surface area contributed by atoms with E-state index in [-0.39, 0.29) is 0 Å². The highest BCUT2D eigenvalue weighted by molar-refractivity contribution is 5.78. The first-order valence-electron chi connectivity index (χ1n) is 9.47. The second-order valence-corrected chi connectivity index (χ2v) is 7.13. The number of likely N-dealkylation sites (tertiary alicyclic amines) is 1. The molecule has 0 aliphatic carbocycles. The van der Waals surface area contributed by atoms with Gasteiger partial charge in [-0.1, -0.05) is 23.4 Å². The second-order valence-electron chi connectivity index (χ2n) is 7.13. The Morgan fingerprint density at radius 1 is 0.923 bits per heavy atom. The summed E-state index contributed by atoms with van der Waals surface area (Å²) < 4.78 is 1.82. The number of carbonyl (C=O) groups excluding carboxylic acids is 1. The lowest BCUT2D eigenvalue weighted by atomic mass is 10.3. The van der Waals surface area contributed by atoms with Crippen molar-refractivity contribution >= 4 is 5.91 Å². The van der Waals surface area contributed by atoms with Gasteiger partial charge in [0.1, 0.15) is 0 Å². The number of nitrogens with zero attached hydrogens (tertiary/aromatic N) is 6. The van der Waals surface area contributed by atoms with Gasteiger partial charge in [0.15, 0.2) is 0 Å². The first kappa shape index (κ1) is 17.2. The van der Waals surface area contributed by atoms with E-state index in [9.17, 15) is 4.79 Å². The number of piperazine rings is 1. The molecule has 26 heavy (non-hydrogen) atoms. The summed E-state index contributed by atoms with van der Waals surface area (Å²) in [6, 6.07) is 10.0. The van der Waals surface area contributed by atoms with Crippen molar-refractivity contribution in [3.05, 3.63) is 42.2 Å². The highest BCUT2D eigenvalue weighted by Gasteiger charge is 2.23. The maximum absolute atomic E-state index is 12.3. The van der Waals surface area contributed by atoms with Gasteiger partial charge in [0.05, 0.1) is 24.1 Å². The number of amides is 1. The Bertz CT molecular complexity index is 717. The predicted molar refractivity (Wildman–Crippen MR) is 98.9 cm³/mol. The third-order valence-corrected chi connectivity index (χ3v) is 5.23. The zero-order valence-corrected chi connectivity index (χ0v) is 15.1. The summed E-state index contributed by atoms with van der Waals surface area (Å²) in [6.07, 6.45) is 4.31. The standard InChI is InChI=1S/C19H26N6O/c26-19(24-8-4-5-9-24)16-23-12-10-22(11-13-23)14-17-15-25(21-20-17)18-6-2-1-3-7-18/h1-3,6-7,15H,4-5,8-14,16H2. The van der Waals surface area contributed by atoms with Gasteiger partial charge in [0.2, 0.25) is 5.91 Å². The molecule has 1 amide bonds. The number of aromatic nitrogens is 3. The summed E-state index contributed by atoms with van der Waals surface area (Å²) in [5, 5.41) is 8.53. The quantitative estimate of drug-likeness (QED) is 0.802. The molecule has 2 aliphatic rings. The molecule has 138 valence electrons. The maximum atomic E-state index is 12.3. The first-order valence-corrected chi connectivity index (χ1v) is 9.47. The van der Waals surface area contributed by atoms with Crippen LogP contribution in [0.15, 0.2) is 36.5 Å². The van der Waals surface area contributed by atoms with Crippen molar-refractivity contribution in [2.24, 2.45) is 0 Å². The van der Waals surface area contributed by atoms with Crippen molar-refractivity contribution in [2.75, 3.05) is 45.8 Å². The molecule has 2 aromatic rings. The van der Waals surface area contributed by atoms with Gasteiger partial charge in [-0.2, -0.15) is 0 Å². The van der Waals surface area contributed by atoms with Crippen LogP contribution in [0.25, 0.3) is 5.69 Å². The lowest BCUT2D eigenvalue weighted by molar-refractivity contribution is -0.131. The lowest BCUT2D eigenvalue weighted by Gasteiger charge is -2.34. The molecule has 3 heterocycles. The van der Waals surface area contributed by atoms with Gasteiger partial charge in [-0.15, -0.1) is 5.10 Å². The molecule has 0 unspecified atom stereocenters. The molecule has 7 nitrogen and oxygen atoms in total. The van der Waals surface area contributed by atoms with Gasteiger partial charge >= 0.3 is 0 Å². The molecular formula is C19H26N6O. The molecule has 0 atom stereocenters. The normalized spacial score (nSPS) is 19.2. The predicted octanol–water partition coefficient (Wildman–Crippen LogP) is 1.01. The van der Waals surface area contributed by atoms with Crippen LogP contribution >= 0.6 is 0 Å². The minimum Gasteiger partial charge on any atom is -0.342 e. The summed E-state index contributed by atoms with van der Waals surface area (Å²) >= 11 is 0. The molecular weight excluding hydrogens is 328 g/mol. The van der Waals surface area contributed by atoms with Gasteiger partial charge in [0, 0.05) is 45.8 Å². The van der Waals surface area contributed by atoms with Crippen LogP contribution in [0.2, 0.25) is 0 Å². The average Bonchev–Trinajstić information content (AvgIpc) is 3.36. The van der Waals surface area contributed by atoms with Crippen LogP contribution in [0.3, 0.4) is 0 Å². The molecule has 7 heteroatoms. The Kier molecular flexibility index (Phi) is 5.26. The van der Waals surface area contributed by atoms with E-state index in [4.69, 9.17) is 0 Å². The van der Waals surface area contributed by atoms with E-state index in [2.05, 4.69) is 20.1 Å². The number of hydrogen-bond donors (Lipinski definition) is 0. The van der Waals surface area contributed by atoms with E-state index >= 15 is 0 Å². The van der Waals surface area contributed by atoms with E-state index in [1.54, 1.807) is 0 Å². The van der Waals surface area contributed by atoms with Crippen molar-refractivity contribution in [1.82, 2.24) is 29.7 Å². The van der Waals surface area contributed by atoms with Gasteiger partial charge in [-0.3, -0.25) is 14.6 Å². The summed E-state index contributed by atoms with van der Waals surface area (Å²) in [4.78, 5) is 18.9. The maximum Gasteiger partial charge on any atom is 0.236 e. The van der Waals surface area contributed by atoms with Crippen molar-refractivity contribution in [1.29, 1.82) is 0 Å². The highest BCUT2D eigenvalue weighted by Crippen LogP contribution is 2.11. The molecule has 2 aliphatic heterocycles. The SMILES string of the molecule is O=C(CN1CCN(Cc2cn(-c3ccccc3)nn2)CC1)N1CCCC1. The molecule has 0 N–H and O–H groups in total. The van der Waals surface area contributed by atoms with Crippen molar-refractivity contribution in [2.45, 2.75) is 19.4 Å². The number of carbonyl (C=O) groups is 1. The van der Waals surface area contributed by atoms with Crippen LogP contribution < -0.4 is 0 Å². The average molecular weight is 354 g/mol. The van der Waals surface area contributed by atoms with Crippen LogP contribution in [-0.2, 0) is 11.3 Å². The van der Waals surface area contributed by atoms with Gasteiger partial charge in [-0.25, -0.2) is 4.68 Å². The topological polar surface area (TPSA) is 57.5 Å². The molecule has 2 fully saturated rings. The van der Waals surface area contributed by atoms with Crippen LogP contribution in [0.1, 0.15) is 18.5 Å². The van der Waals surface area contributed by atoms with Crippen molar-refractivity contribution in [3.63, 3.8) is 0 Å². The van der Waals surface area contributed by atoms with E-state index in [0.29, 0.717) is 12.5 Å². The van der Waals surface area contributed by atoms with Gasteiger partial charge in [0.25, 0.3) is 0 Å². The van der Waals surface area contributed by atoms with Gasteiger partial charge in [-0.05, 0) is 25.0 Å². The van der Waals surface area contributed by atoms with Gasteiger partial charge < -0.3 is 4.90 Å². The second kappa shape index (κ2) is 7.97. The lowest BCUT2D eigenvalue weighted by Crippen LogP contribution is -2.49. The fraction of sp³-hybridized carbons (Fsp3) is 0.526. The summed E-state index contributed by atoms with van der Waals surface area (Å²) in [7, 11) is 0. The highest BCUT2D eigenvalue weighted by atomic mass is 16.2. The fourth-order valence-corrected chi connectivity index (χ4v) is 3.67. The number of hydrogen-bond acceptors (Lipinski definition) is 5.